The van der Waals surface area contributed by atoms with Crippen molar-refractivity contribution in [2.75, 3.05) is 13.1 Å². The quantitative estimate of drug-likeness (QED) is 0.636. The monoisotopic (exact) mass is 360 g/mol. The zero-order chi connectivity index (χ0) is 19.2. The number of hydrogen-bond donors (Lipinski definition) is 1. The molecule has 27 heavy (non-hydrogen) atoms. The largest absolute Gasteiger partial charge is 0.342 e. The van der Waals surface area contributed by atoms with Crippen molar-refractivity contribution in [2.45, 2.75) is 32.9 Å². The number of hydrogen-bond acceptors (Lipinski definition) is 2. The molecule has 3 heteroatoms. The van der Waals surface area contributed by atoms with Crippen LogP contribution in [0.3, 0.4) is 0 Å². The van der Waals surface area contributed by atoms with E-state index in [2.05, 4.69) is 54.7 Å². The van der Waals surface area contributed by atoms with Gasteiger partial charge in [-0.05, 0) is 42.7 Å². The average molecular weight is 361 g/mol. The maximum atomic E-state index is 13.2. The Bertz CT molecular complexity index is 882. The number of nitrogens with one attached hydrogen (secondary N) is 1. The third-order valence-electron chi connectivity index (χ3n) is 5.16. The Hall–Kier alpha value is -2.65. The van der Waals surface area contributed by atoms with Crippen LogP contribution in [0.25, 0.3) is 10.8 Å². The molecule has 0 spiro atoms. The summed E-state index contributed by atoms with van der Waals surface area (Å²) >= 11 is 0. The summed E-state index contributed by atoms with van der Waals surface area (Å²) in [5.41, 5.74) is 2.21. The van der Waals surface area contributed by atoms with E-state index in [0.717, 1.165) is 5.56 Å². The Labute approximate surface area is 162 Å². The van der Waals surface area contributed by atoms with E-state index in [1.807, 2.05) is 49.1 Å². The van der Waals surface area contributed by atoms with Crippen LogP contribution in [-0.2, 0) is 4.79 Å². The first-order valence-corrected chi connectivity index (χ1v) is 9.73. The van der Waals surface area contributed by atoms with Crippen LogP contribution >= 0.6 is 0 Å². The number of rotatable bonds is 7. The van der Waals surface area contributed by atoms with Crippen molar-refractivity contribution >= 4 is 16.7 Å². The number of fused-ring (bicyclic) bond motifs is 1. The van der Waals surface area contributed by atoms with Crippen LogP contribution < -0.4 is 5.32 Å². The van der Waals surface area contributed by atoms with Gasteiger partial charge in [0.25, 0.3) is 0 Å². The van der Waals surface area contributed by atoms with Gasteiger partial charge in [-0.25, -0.2) is 0 Å². The van der Waals surface area contributed by atoms with Gasteiger partial charge in [0.15, 0.2) is 0 Å². The van der Waals surface area contributed by atoms with Crippen LogP contribution in [0.1, 0.15) is 44.0 Å². The average Bonchev–Trinajstić information content (AvgIpc) is 2.72. The molecule has 0 saturated carbocycles. The fraction of sp³-hybridized carbons (Fsp3) is 0.292. The molecule has 3 nitrogen and oxygen atoms in total. The highest BCUT2D eigenvalue weighted by atomic mass is 16.2. The van der Waals surface area contributed by atoms with Crippen LogP contribution in [0.2, 0.25) is 0 Å². The summed E-state index contributed by atoms with van der Waals surface area (Å²) in [5.74, 6) is 0.123. The fourth-order valence-corrected chi connectivity index (χ4v) is 3.64. The Kier molecular flexibility index (Phi) is 6.25. The molecule has 0 unspecified atom stereocenters. The SMILES string of the molecule is CCN(CC)C(=O)[C@H](N[C@H](C)c1cccc2ccccc12)c1ccccc1. The Balaban J connectivity index is 1.94. The van der Waals surface area contributed by atoms with Crippen molar-refractivity contribution in [3.8, 4) is 0 Å². The summed E-state index contributed by atoms with van der Waals surface area (Å²) in [7, 11) is 0. The molecule has 0 fully saturated rings. The smallest absolute Gasteiger partial charge is 0.244 e. The van der Waals surface area contributed by atoms with Gasteiger partial charge in [-0.15, -0.1) is 0 Å². The van der Waals surface area contributed by atoms with Crippen LogP contribution in [0, 0.1) is 0 Å². The van der Waals surface area contributed by atoms with Crippen LogP contribution in [0.5, 0.6) is 0 Å². The van der Waals surface area contributed by atoms with Crippen LogP contribution in [0.4, 0.5) is 0 Å². The topological polar surface area (TPSA) is 32.3 Å². The van der Waals surface area contributed by atoms with Crippen molar-refractivity contribution in [2.24, 2.45) is 0 Å². The number of carbonyl (C=O) groups excluding carboxylic acids is 1. The Morgan fingerprint density at radius 2 is 1.52 bits per heavy atom. The molecular formula is C24H28N2O. The number of benzene rings is 3. The zero-order valence-corrected chi connectivity index (χ0v) is 16.4. The van der Waals surface area contributed by atoms with Crippen LogP contribution in [0.15, 0.2) is 72.8 Å². The Morgan fingerprint density at radius 3 is 2.22 bits per heavy atom. The Morgan fingerprint density at radius 1 is 0.889 bits per heavy atom. The minimum Gasteiger partial charge on any atom is -0.342 e. The molecule has 0 saturated heterocycles. The molecule has 0 aromatic heterocycles. The normalized spacial score (nSPS) is 13.3. The standard InChI is InChI=1S/C24H28N2O/c1-4-26(5-2)24(27)23(20-13-7-6-8-14-20)25-18(3)21-17-11-15-19-12-9-10-16-22(19)21/h6-18,23,25H,4-5H2,1-3H3/t18-,23-/m1/s1. The molecule has 0 aliphatic carbocycles. The van der Waals surface area contributed by atoms with Gasteiger partial charge in [0, 0.05) is 19.1 Å². The number of likely N-dealkylation sites (N-methyl/N-ethyl adjacent to an activating group) is 1. The lowest BCUT2D eigenvalue weighted by Gasteiger charge is -2.29. The van der Waals surface area contributed by atoms with Crippen LogP contribution in [-0.4, -0.2) is 23.9 Å². The van der Waals surface area contributed by atoms with E-state index in [0.29, 0.717) is 13.1 Å². The van der Waals surface area contributed by atoms with Gasteiger partial charge < -0.3 is 4.90 Å². The van der Waals surface area contributed by atoms with Gasteiger partial charge in [-0.3, -0.25) is 10.1 Å². The lowest BCUT2D eigenvalue weighted by Crippen LogP contribution is -2.41. The van der Waals surface area contributed by atoms with Crippen molar-refractivity contribution in [3.63, 3.8) is 0 Å². The van der Waals surface area contributed by atoms with Gasteiger partial charge in [0.05, 0.1) is 0 Å². The van der Waals surface area contributed by atoms with Crippen molar-refractivity contribution in [1.82, 2.24) is 10.2 Å². The molecule has 0 bridgehead atoms. The molecule has 1 amide bonds. The third kappa shape index (κ3) is 4.20. The summed E-state index contributed by atoms with van der Waals surface area (Å²) in [6, 6.07) is 24.4. The van der Waals surface area contributed by atoms with Gasteiger partial charge in [-0.2, -0.15) is 0 Å². The molecule has 3 aromatic carbocycles. The van der Waals surface area contributed by atoms with E-state index in [4.69, 9.17) is 0 Å². The van der Waals surface area contributed by atoms with E-state index < -0.39 is 0 Å². The van der Waals surface area contributed by atoms with E-state index in [1.165, 1.54) is 16.3 Å². The highest BCUT2D eigenvalue weighted by molar-refractivity contribution is 5.86. The van der Waals surface area contributed by atoms with E-state index >= 15 is 0 Å². The maximum absolute atomic E-state index is 13.2. The summed E-state index contributed by atoms with van der Waals surface area (Å²) in [6.07, 6.45) is 0. The fourth-order valence-electron chi connectivity index (χ4n) is 3.64. The van der Waals surface area contributed by atoms with Gasteiger partial charge in [-0.1, -0.05) is 72.8 Å². The molecule has 0 heterocycles. The van der Waals surface area contributed by atoms with Gasteiger partial charge in [0.2, 0.25) is 5.91 Å². The minimum absolute atomic E-state index is 0.0424. The van der Waals surface area contributed by atoms with E-state index in [9.17, 15) is 4.79 Å². The first-order chi connectivity index (χ1) is 13.2. The summed E-state index contributed by atoms with van der Waals surface area (Å²) in [6.45, 7) is 7.61. The predicted molar refractivity (Wildman–Crippen MR) is 113 cm³/mol. The number of nitrogens with zero attached hydrogens (tertiary/aromatic N) is 1. The lowest BCUT2D eigenvalue weighted by atomic mass is 9.97. The summed E-state index contributed by atoms with van der Waals surface area (Å²) in [4.78, 5) is 15.1. The lowest BCUT2D eigenvalue weighted by molar-refractivity contribution is -0.133. The molecule has 2 atom stereocenters. The number of amides is 1. The third-order valence-corrected chi connectivity index (χ3v) is 5.16. The maximum Gasteiger partial charge on any atom is 0.244 e. The van der Waals surface area contributed by atoms with E-state index in [1.54, 1.807) is 0 Å². The molecule has 0 aliphatic heterocycles. The predicted octanol–water partition coefficient (Wildman–Crippen LogP) is 5.10. The van der Waals surface area contributed by atoms with Crippen molar-refractivity contribution < 1.29 is 4.79 Å². The molecule has 140 valence electrons. The molecule has 3 aromatic rings. The highest BCUT2D eigenvalue weighted by Gasteiger charge is 2.26. The summed E-state index contributed by atoms with van der Waals surface area (Å²) in [5, 5.41) is 6.04. The van der Waals surface area contributed by atoms with Gasteiger partial charge >= 0.3 is 0 Å². The number of carbonyl (C=O) groups is 1. The van der Waals surface area contributed by atoms with Crippen molar-refractivity contribution in [3.05, 3.63) is 83.9 Å². The van der Waals surface area contributed by atoms with Crippen molar-refractivity contribution in [1.29, 1.82) is 0 Å². The second-order valence-corrected chi connectivity index (χ2v) is 6.81. The first kappa shape index (κ1) is 19.1. The summed E-state index contributed by atoms with van der Waals surface area (Å²) < 4.78 is 0. The minimum atomic E-state index is -0.361. The van der Waals surface area contributed by atoms with E-state index in [-0.39, 0.29) is 18.0 Å². The highest BCUT2D eigenvalue weighted by Crippen LogP contribution is 2.27. The second kappa shape index (κ2) is 8.83. The molecule has 1 N–H and O–H groups in total. The van der Waals surface area contributed by atoms with Gasteiger partial charge in [0.1, 0.15) is 6.04 Å². The molecule has 0 radical (unpaired) electrons. The zero-order valence-electron chi connectivity index (χ0n) is 16.4. The molecule has 3 rings (SSSR count). The second-order valence-electron chi connectivity index (χ2n) is 6.81. The first-order valence-electron chi connectivity index (χ1n) is 9.73. The molecular weight excluding hydrogens is 332 g/mol. The molecule has 0 aliphatic rings.